The predicted octanol–water partition coefficient (Wildman–Crippen LogP) is 2.45. The van der Waals surface area contributed by atoms with Crippen LogP contribution in [-0.4, -0.2) is 17.4 Å². The van der Waals surface area contributed by atoms with Crippen molar-refractivity contribution in [3.05, 3.63) is 27.8 Å². The molecule has 5 heteroatoms. The number of aromatic hydroxyl groups is 1. The van der Waals surface area contributed by atoms with Gasteiger partial charge in [-0.3, -0.25) is 0 Å². The van der Waals surface area contributed by atoms with Crippen LogP contribution in [-0.2, 0) is 11.3 Å². The van der Waals surface area contributed by atoms with Crippen molar-refractivity contribution in [3.8, 4) is 5.75 Å². The minimum Gasteiger partial charge on any atom is -0.507 e. The number of aryl methyl sites for hydroxylation is 1. The van der Waals surface area contributed by atoms with E-state index in [1.807, 2.05) is 20.8 Å². The molecule has 0 bridgehead atoms. The number of hydrogen-bond donors (Lipinski definition) is 1. The van der Waals surface area contributed by atoms with E-state index in [-0.39, 0.29) is 11.3 Å². The van der Waals surface area contributed by atoms with Crippen molar-refractivity contribution in [3.63, 3.8) is 0 Å². The van der Waals surface area contributed by atoms with E-state index in [0.29, 0.717) is 30.9 Å². The highest BCUT2D eigenvalue weighted by molar-refractivity contribution is 6.01. The molecule has 0 saturated heterocycles. The molecular weight excluding hydrogens is 234 g/mol. The van der Waals surface area contributed by atoms with Gasteiger partial charge in [0.1, 0.15) is 23.7 Å². The van der Waals surface area contributed by atoms with Crippen LogP contribution in [0.4, 0.5) is 0 Å². The first-order chi connectivity index (χ1) is 8.63. The highest BCUT2D eigenvalue weighted by Crippen LogP contribution is 2.17. The highest BCUT2D eigenvalue weighted by Gasteiger charge is 2.16. The first-order valence-electron chi connectivity index (χ1n) is 6.19. The maximum Gasteiger partial charge on any atom is 0.349 e. The van der Waals surface area contributed by atoms with Crippen molar-refractivity contribution in [1.82, 2.24) is 0 Å². The first-order valence-corrected chi connectivity index (χ1v) is 6.19. The summed E-state index contributed by atoms with van der Waals surface area (Å²) in [6, 6.07) is 1.45. The lowest BCUT2D eigenvalue weighted by molar-refractivity contribution is 0.144. The van der Waals surface area contributed by atoms with Gasteiger partial charge in [-0.25, -0.2) is 4.79 Å². The molecule has 0 aliphatic rings. The van der Waals surface area contributed by atoms with Crippen molar-refractivity contribution in [1.29, 1.82) is 0 Å². The van der Waals surface area contributed by atoms with Gasteiger partial charge in [0.25, 0.3) is 0 Å². The van der Waals surface area contributed by atoms with E-state index in [2.05, 4.69) is 5.16 Å². The van der Waals surface area contributed by atoms with Crippen molar-refractivity contribution in [2.75, 3.05) is 6.61 Å². The third kappa shape index (κ3) is 3.35. The Kier molecular flexibility index (Phi) is 5.42. The van der Waals surface area contributed by atoms with Gasteiger partial charge < -0.3 is 14.4 Å². The SMILES string of the molecule is CCCON=C(CC)c1c(O)cc(CC)oc1=O. The topological polar surface area (TPSA) is 72.0 Å². The first kappa shape index (κ1) is 14.3. The summed E-state index contributed by atoms with van der Waals surface area (Å²) < 4.78 is 5.08. The molecule has 0 saturated carbocycles. The van der Waals surface area contributed by atoms with Crippen LogP contribution in [0.1, 0.15) is 44.9 Å². The molecule has 0 fully saturated rings. The third-order valence-corrected chi connectivity index (χ3v) is 2.42. The van der Waals surface area contributed by atoms with E-state index in [4.69, 9.17) is 9.25 Å². The van der Waals surface area contributed by atoms with Gasteiger partial charge >= 0.3 is 5.63 Å². The summed E-state index contributed by atoms with van der Waals surface area (Å²) in [5.74, 6) is 0.343. The van der Waals surface area contributed by atoms with Gasteiger partial charge in [-0.2, -0.15) is 0 Å². The molecule has 0 amide bonds. The van der Waals surface area contributed by atoms with E-state index >= 15 is 0 Å². The fourth-order valence-electron chi connectivity index (χ4n) is 1.47. The lowest BCUT2D eigenvalue weighted by Gasteiger charge is -2.06. The molecule has 1 aromatic rings. The minimum absolute atomic E-state index is 0.0887. The molecule has 100 valence electrons. The van der Waals surface area contributed by atoms with Crippen molar-refractivity contribution in [2.45, 2.75) is 40.0 Å². The van der Waals surface area contributed by atoms with Crippen LogP contribution in [0.25, 0.3) is 0 Å². The lowest BCUT2D eigenvalue weighted by atomic mass is 10.1. The monoisotopic (exact) mass is 253 g/mol. The molecular formula is C13H19NO4. The van der Waals surface area contributed by atoms with Crippen molar-refractivity contribution >= 4 is 5.71 Å². The molecule has 1 rings (SSSR count). The van der Waals surface area contributed by atoms with Crippen molar-refractivity contribution in [2.24, 2.45) is 5.16 Å². The Balaban J connectivity index is 3.14. The van der Waals surface area contributed by atoms with E-state index < -0.39 is 5.63 Å². The number of nitrogens with zero attached hydrogens (tertiary/aromatic N) is 1. The second-order valence-electron chi connectivity index (χ2n) is 3.84. The normalized spacial score (nSPS) is 11.6. The van der Waals surface area contributed by atoms with E-state index in [1.54, 1.807) is 0 Å². The molecule has 5 nitrogen and oxygen atoms in total. The summed E-state index contributed by atoms with van der Waals surface area (Å²) >= 11 is 0. The maximum absolute atomic E-state index is 11.8. The van der Waals surface area contributed by atoms with Crippen LogP contribution in [0.15, 0.2) is 20.4 Å². The minimum atomic E-state index is -0.576. The summed E-state index contributed by atoms with van der Waals surface area (Å²) in [5.41, 5.74) is -0.0873. The summed E-state index contributed by atoms with van der Waals surface area (Å²) in [6.07, 6.45) is 1.86. The summed E-state index contributed by atoms with van der Waals surface area (Å²) in [7, 11) is 0. The molecule has 0 unspecified atom stereocenters. The molecule has 0 atom stereocenters. The van der Waals surface area contributed by atoms with E-state index in [1.165, 1.54) is 6.07 Å². The van der Waals surface area contributed by atoms with Crippen LogP contribution in [0.2, 0.25) is 0 Å². The largest absolute Gasteiger partial charge is 0.507 e. The molecule has 1 heterocycles. The van der Waals surface area contributed by atoms with Gasteiger partial charge in [-0.15, -0.1) is 0 Å². The Labute approximate surface area is 106 Å². The Morgan fingerprint density at radius 1 is 1.44 bits per heavy atom. The summed E-state index contributed by atoms with van der Waals surface area (Å²) in [6.45, 7) is 6.11. The van der Waals surface area contributed by atoms with Crippen LogP contribution < -0.4 is 5.63 Å². The van der Waals surface area contributed by atoms with E-state index in [9.17, 15) is 9.90 Å². The lowest BCUT2D eigenvalue weighted by Crippen LogP contribution is -2.16. The second-order valence-corrected chi connectivity index (χ2v) is 3.84. The zero-order valence-corrected chi connectivity index (χ0v) is 11.0. The van der Waals surface area contributed by atoms with Crippen LogP contribution in [0.5, 0.6) is 5.75 Å². The zero-order chi connectivity index (χ0) is 13.5. The molecule has 1 N–H and O–H groups in total. The Morgan fingerprint density at radius 3 is 2.67 bits per heavy atom. The molecule has 0 spiro atoms. The summed E-state index contributed by atoms with van der Waals surface area (Å²) in [5, 5.41) is 13.7. The van der Waals surface area contributed by atoms with Crippen LogP contribution >= 0.6 is 0 Å². The van der Waals surface area contributed by atoms with Crippen LogP contribution in [0.3, 0.4) is 0 Å². The van der Waals surface area contributed by atoms with Gasteiger partial charge in [0, 0.05) is 12.5 Å². The molecule has 0 aromatic carbocycles. The third-order valence-electron chi connectivity index (χ3n) is 2.42. The maximum atomic E-state index is 11.8. The smallest absolute Gasteiger partial charge is 0.349 e. The van der Waals surface area contributed by atoms with Gasteiger partial charge in [-0.05, 0) is 12.8 Å². The quantitative estimate of drug-likeness (QED) is 0.480. The fraction of sp³-hybridized carbons (Fsp3) is 0.538. The average molecular weight is 253 g/mol. The van der Waals surface area contributed by atoms with Gasteiger partial charge in [0.15, 0.2) is 0 Å². The Bertz CT molecular complexity index is 476. The molecule has 0 aliphatic heterocycles. The number of rotatable bonds is 6. The Hall–Kier alpha value is -1.78. The molecule has 1 aromatic heterocycles. The summed E-state index contributed by atoms with van der Waals surface area (Å²) in [4.78, 5) is 16.8. The van der Waals surface area contributed by atoms with Gasteiger partial charge in [0.2, 0.25) is 0 Å². The average Bonchev–Trinajstić information content (AvgIpc) is 2.35. The van der Waals surface area contributed by atoms with E-state index in [0.717, 1.165) is 6.42 Å². The molecule has 18 heavy (non-hydrogen) atoms. The predicted molar refractivity (Wildman–Crippen MR) is 69.1 cm³/mol. The zero-order valence-electron chi connectivity index (χ0n) is 11.0. The van der Waals surface area contributed by atoms with Crippen LogP contribution in [0, 0.1) is 0 Å². The highest BCUT2D eigenvalue weighted by atomic mass is 16.6. The molecule has 0 aliphatic carbocycles. The number of oxime groups is 1. The van der Waals surface area contributed by atoms with Crippen molar-refractivity contribution < 1.29 is 14.4 Å². The van der Waals surface area contributed by atoms with Gasteiger partial charge in [-0.1, -0.05) is 25.9 Å². The standard InChI is InChI=1S/C13H19NO4/c1-4-7-17-14-10(6-3)12-11(15)8-9(5-2)18-13(12)16/h8,15H,4-7H2,1-3H3. The van der Waals surface area contributed by atoms with Gasteiger partial charge in [0.05, 0.1) is 5.71 Å². The fourth-order valence-corrected chi connectivity index (χ4v) is 1.47. The molecule has 0 radical (unpaired) electrons. The number of hydrogen-bond acceptors (Lipinski definition) is 5. The Morgan fingerprint density at radius 2 is 2.17 bits per heavy atom. The second kappa shape index (κ2) is 6.83.